The first kappa shape index (κ1) is 13.8. The largest absolute Gasteiger partial charge is 0.493 e. The number of carbonyl (C=O) groups excluding carboxylic acids is 1. The number of alkyl halides is 2. The van der Waals surface area contributed by atoms with Crippen molar-refractivity contribution in [3.05, 3.63) is 23.0 Å². The fourth-order valence-corrected chi connectivity index (χ4v) is 1.38. The SMILES string of the molecule is CCOC(=O)c1cnc(C#N)c(OC)c1C(F)F. The summed E-state index contributed by atoms with van der Waals surface area (Å²) < 4.78 is 35.3. The van der Waals surface area contributed by atoms with E-state index in [-0.39, 0.29) is 12.3 Å². The van der Waals surface area contributed by atoms with Crippen molar-refractivity contribution in [2.75, 3.05) is 13.7 Å². The molecule has 0 N–H and O–H groups in total. The maximum absolute atomic E-state index is 13.0. The summed E-state index contributed by atoms with van der Waals surface area (Å²) in [6.07, 6.45) is -2.09. The summed E-state index contributed by atoms with van der Waals surface area (Å²) in [6.45, 7) is 1.60. The third-order valence-corrected chi connectivity index (χ3v) is 2.10. The summed E-state index contributed by atoms with van der Waals surface area (Å²) in [4.78, 5) is 15.1. The van der Waals surface area contributed by atoms with E-state index >= 15 is 0 Å². The van der Waals surface area contributed by atoms with Crippen LogP contribution in [0.4, 0.5) is 8.78 Å². The number of halogens is 2. The van der Waals surface area contributed by atoms with Crippen molar-refractivity contribution in [1.29, 1.82) is 5.26 Å². The molecular weight excluding hydrogens is 246 g/mol. The third kappa shape index (κ3) is 2.53. The van der Waals surface area contributed by atoms with Crippen molar-refractivity contribution < 1.29 is 23.0 Å². The molecule has 0 saturated carbocycles. The lowest BCUT2D eigenvalue weighted by Gasteiger charge is -2.12. The second kappa shape index (κ2) is 5.91. The molecule has 0 aliphatic carbocycles. The predicted octanol–water partition coefficient (Wildman–Crippen LogP) is 2.08. The Labute approximate surface area is 102 Å². The van der Waals surface area contributed by atoms with E-state index < -0.39 is 29.3 Å². The van der Waals surface area contributed by atoms with E-state index in [0.29, 0.717) is 0 Å². The highest BCUT2D eigenvalue weighted by molar-refractivity contribution is 5.92. The number of aromatic nitrogens is 1. The summed E-state index contributed by atoms with van der Waals surface area (Å²) in [5.41, 5.74) is -1.38. The molecule has 1 aromatic heterocycles. The van der Waals surface area contributed by atoms with Gasteiger partial charge in [-0.05, 0) is 6.92 Å². The molecule has 1 rings (SSSR count). The highest BCUT2D eigenvalue weighted by atomic mass is 19.3. The van der Waals surface area contributed by atoms with E-state index in [4.69, 9.17) is 10.00 Å². The summed E-state index contributed by atoms with van der Waals surface area (Å²) in [7, 11) is 1.12. The Kier molecular flexibility index (Phi) is 4.54. The zero-order valence-corrected chi connectivity index (χ0v) is 9.74. The molecule has 0 spiro atoms. The van der Waals surface area contributed by atoms with Gasteiger partial charge in [0.1, 0.15) is 6.07 Å². The Morgan fingerprint density at radius 1 is 1.61 bits per heavy atom. The van der Waals surface area contributed by atoms with Crippen LogP contribution in [0.2, 0.25) is 0 Å². The van der Waals surface area contributed by atoms with E-state index in [0.717, 1.165) is 13.3 Å². The monoisotopic (exact) mass is 256 g/mol. The van der Waals surface area contributed by atoms with Crippen LogP contribution < -0.4 is 4.74 Å². The fourth-order valence-electron chi connectivity index (χ4n) is 1.38. The van der Waals surface area contributed by atoms with E-state index in [1.54, 1.807) is 13.0 Å². The van der Waals surface area contributed by atoms with Crippen molar-refractivity contribution in [1.82, 2.24) is 4.98 Å². The Balaban J connectivity index is 3.45. The smallest absolute Gasteiger partial charge is 0.340 e. The van der Waals surface area contributed by atoms with Crippen molar-refractivity contribution in [3.8, 4) is 11.8 Å². The molecule has 7 heteroatoms. The number of rotatable bonds is 4. The van der Waals surface area contributed by atoms with Crippen LogP contribution in [0.15, 0.2) is 6.20 Å². The average Bonchev–Trinajstić information content (AvgIpc) is 2.36. The molecule has 0 fully saturated rings. The van der Waals surface area contributed by atoms with Gasteiger partial charge in [0.25, 0.3) is 6.43 Å². The van der Waals surface area contributed by atoms with E-state index in [1.165, 1.54) is 0 Å². The molecule has 96 valence electrons. The minimum atomic E-state index is -2.98. The lowest BCUT2D eigenvalue weighted by molar-refractivity contribution is 0.0513. The van der Waals surface area contributed by atoms with Crippen molar-refractivity contribution in [2.24, 2.45) is 0 Å². The molecule has 5 nitrogen and oxygen atoms in total. The molecule has 0 aliphatic heterocycles. The Hall–Kier alpha value is -2.23. The van der Waals surface area contributed by atoms with Crippen molar-refractivity contribution in [2.45, 2.75) is 13.3 Å². The molecule has 0 atom stereocenters. The molecule has 18 heavy (non-hydrogen) atoms. The summed E-state index contributed by atoms with van der Waals surface area (Å²) in [5.74, 6) is -1.33. The quantitative estimate of drug-likeness (QED) is 0.771. The predicted molar refractivity (Wildman–Crippen MR) is 56.4 cm³/mol. The van der Waals surface area contributed by atoms with Crippen LogP contribution in [0.5, 0.6) is 5.75 Å². The van der Waals surface area contributed by atoms with Crippen LogP contribution in [0, 0.1) is 11.3 Å². The molecule has 0 amide bonds. The number of methoxy groups -OCH3 is 1. The second-order valence-corrected chi connectivity index (χ2v) is 3.10. The maximum Gasteiger partial charge on any atom is 0.340 e. The third-order valence-electron chi connectivity index (χ3n) is 2.10. The number of esters is 1. The number of nitriles is 1. The Morgan fingerprint density at radius 2 is 2.28 bits per heavy atom. The molecule has 0 saturated heterocycles. The molecule has 0 bridgehead atoms. The van der Waals surface area contributed by atoms with Crippen LogP contribution in [-0.2, 0) is 4.74 Å². The molecule has 0 radical (unpaired) electrons. The van der Waals surface area contributed by atoms with Crippen LogP contribution in [0.25, 0.3) is 0 Å². The van der Waals surface area contributed by atoms with E-state index in [2.05, 4.69) is 9.72 Å². The normalized spacial score (nSPS) is 10.0. The highest BCUT2D eigenvalue weighted by Crippen LogP contribution is 2.34. The Bertz CT molecular complexity index is 498. The van der Waals surface area contributed by atoms with Gasteiger partial charge in [-0.3, -0.25) is 0 Å². The van der Waals surface area contributed by atoms with Gasteiger partial charge >= 0.3 is 5.97 Å². The zero-order chi connectivity index (χ0) is 13.7. The molecule has 1 heterocycles. The van der Waals surface area contributed by atoms with E-state index in [9.17, 15) is 13.6 Å². The van der Waals surface area contributed by atoms with Gasteiger partial charge in [0.05, 0.1) is 24.8 Å². The van der Waals surface area contributed by atoms with Gasteiger partial charge in [-0.1, -0.05) is 0 Å². The number of pyridine rings is 1. The molecule has 1 aromatic rings. The number of nitrogens with zero attached hydrogens (tertiary/aromatic N) is 2. The van der Waals surface area contributed by atoms with Gasteiger partial charge in [-0.25, -0.2) is 18.6 Å². The number of carbonyl (C=O) groups is 1. The lowest BCUT2D eigenvalue weighted by Crippen LogP contribution is -2.11. The van der Waals surface area contributed by atoms with Crippen molar-refractivity contribution >= 4 is 5.97 Å². The standard InChI is InChI=1S/C11H10F2N2O3/c1-3-18-11(16)6-5-15-7(4-14)9(17-2)8(6)10(12)13/h5,10H,3H2,1-2H3. The molecule has 0 unspecified atom stereocenters. The first-order valence-corrected chi connectivity index (χ1v) is 4.99. The zero-order valence-electron chi connectivity index (χ0n) is 9.74. The van der Waals surface area contributed by atoms with Gasteiger partial charge in [-0.2, -0.15) is 5.26 Å². The van der Waals surface area contributed by atoms with Gasteiger partial charge in [0.15, 0.2) is 11.4 Å². The van der Waals surface area contributed by atoms with Crippen LogP contribution >= 0.6 is 0 Å². The Morgan fingerprint density at radius 3 is 2.72 bits per heavy atom. The number of hydrogen-bond donors (Lipinski definition) is 0. The first-order valence-electron chi connectivity index (χ1n) is 4.99. The minimum absolute atomic E-state index is 0.0455. The summed E-state index contributed by atoms with van der Waals surface area (Å²) >= 11 is 0. The first-order chi connectivity index (χ1) is 8.56. The number of ether oxygens (including phenoxy) is 2. The average molecular weight is 256 g/mol. The number of hydrogen-bond acceptors (Lipinski definition) is 5. The second-order valence-electron chi connectivity index (χ2n) is 3.10. The van der Waals surface area contributed by atoms with Gasteiger partial charge in [0.2, 0.25) is 0 Å². The van der Waals surface area contributed by atoms with Crippen LogP contribution in [0.1, 0.15) is 35.0 Å². The van der Waals surface area contributed by atoms with Gasteiger partial charge in [0, 0.05) is 6.20 Å². The lowest BCUT2D eigenvalue weighted by atomic mass is 10.1. The maximum atomic E-state index is 13.0. The van der Waals surface area contributed by atoms with Crippen LogP contribution in [0.3, 0.4) is 0 Å². The van der Waals surface area contributed by atoms with Gasteiger partial charge in [-0.15, -0.1) is 0 Å². The summed E-state index contributed by atoms with van der Waals surface area (Å²) in [6, 6.07) is 1.62. The van der Waals surface area contributed by atoms with Crippen molar-refractivity contribution in [3.63, 3.8) is 0 Å². The van der Waals surface area contributed by atoms with Gasteiger partial charge < -0.3 is 9.47 Å². The molecule has 0 aromatic carbocycles. The topological polar surface area (TPSA) is 72.2 Å². The minimum Gasteiger partial charge on any atom is -0.493 e. The fraction of sp³-hybridized carbons (Fsp3) is 0.364. The molecular formula is C11H10F2N2O3. The van der Waals surface area contributed by atoms with E-state index in [1.807, 2.05) is 0 Å². The highest BCUT2D eigenvalue weighted by Gasteiger charge is 2.27. The molecule has 0 aliphatic rings. The summed E-state index contributed by atoms with van der Waals surface area (Å²) in [5, 5.41) is 8.74. The van der Waals surface area contributed by atoms with Crippen LogP contribution in [-0.4, -0.2) is 24.7 Å².